The van der Waals surface area contributed by atoms with Crippen LogP contribution in [0.1, 0.15) is 29.2 Å². The van der Waals surface area contributed by atoms with Crippen molar-refractivity contribution >= 4 is 46.4 Å². The molecule has 0 aliphatic rings. The van der Waals surface area contributed by atoms with Crippen molar-refractivity contribution in [3.63, 3.8) is 0 Å². The van der Waals surface area contributed by atoms with Crippen molar-refractivity contribution in [1.82, 2.24) is 0 Å². The van der Waals surface area contributed by atoms with Gasteiger partial charge in [0.15, 0.2) is 0 Å². The monoisotopic (exact) mass is 298 g/mol. The predicted molar refractivity (Wildman–Crippen MR) is 106 cm³/mol. The molecule has 3 rings (SSSR count). The molecule has 0 saturated heterocycles. The molecular formula is C23H22. The minimum Gasteiger partial charge on any atom is -0.0984 e. The zero-order valence-electron chi connectivity index (χ0n) is 14.2. The zero-order valence-corrected chi connectivity index (χ0v) is 14.2. The van der Waals surface area contributed by atoms with Crippen LogP contribution in [0.5, 0.6) is 0 Å². The van der Waals surface area contributed by atoms with Gasteiger partial charge in [-0.25, -0.2) is 0 Å². The van der Waals surface area contributed by atoms with Gasteiger partial charge in [0, 0.05) is 0 Å². The van der Waals surface area contributed by atoms with Gasteiger partial charge in [-0.05, 0) is 75.0 Å². The molecule has 0 aliphatic carbocycles. The Labute approximate surface area is 137 Å². The Morgan fingerprint density at radius 3 is 1.96 bits per heavy atom. The van der Waals surface area contributed by atoms with Crippen LogP contribution in [0, 0.1) is 13.8 Å². The molecule has 0 atom stereocenters. The Kier molecular flexibility index (Phi) is 3.49. The molecule has 0 heterocycles. The van der Waals surface area contributed by atoms with Crippen molar-refractivity contribution in [3.8, 4) is 0 Å². The summed E-state index contributed by atoms with van der Waals surface area (Å²) in [4.78, 5) is 0. The minimum absolute atomic E-state index is 0.985. The molecule has 0 heteroatoms. The molecule has 0 aromatic heterocycles. The van der Waals surface area contributed by atoms with Gasteiger partial charge >= 0.3 is 0 Å². The Bertz CT molecular complexity index is 1100. The van der Waals surface area contributed by atoms with E-state index in [2.05, 4.69) is 71.4 Å². The van der Waals surface area contributed by atoms with E-state index < -0.39 is 0 Å². The second-order valence-corrected chi connectivity index (χ2v) is 6.34. The maximum Gasteiger partial charge on any atom is -0.00274 e. The predicted octanol–water partition coefficient (Wildman–Crippen LogP) is 5.11. The lowest BCUT2D eigenvalue weighted by Gasteiger charge is -2.16. The first-order valence-electron chi connectivity index (χ1n) is 7.83. The fourth-order valence-corrected chi connectivity index (χ4v) is 3.63. The molecule has 0 spiro atoms. The molecule has 0 nitrogen and oxygen atoms in total. The van der Waals surface area contributed by atoms with Crippen molar-refractivity contribution in [3.05, 3.63) is 70.1 Å². The Morgan fingerprint density at radius 1 is 0.870 bits per heavy atom. The van der Waals surface area contributed by atoms with Gasteiger partial charge in [-0.1, -0.05) is 62.2 Å². The first-order chi connectivity index (χ1) is 10.9. The third-order valence-electron chi connectivity index (χ3n) is 4.77. The molecule has 0 unspecified atom stereocenters. The van der Waals surface area contributed by atoms with E-state index in [0.717, 1.165) is 27.0 Å². The van der Waals surface area contributed by atoms with Crippen molar-refractivity contribution < 1.29 is 0 Å². The van der Waals surface area contributed by atoms with Crippen LogP contribution in [0.25, 0.3) is 46.4 Å². The first kappa shape index (κ1) is 15.3. The molecule has 0 saturated carbocycles. The number of aryl methyl sites for hydroxylation is 2. The van der Waals surface area contributed by atoms with Crippen LogP contribution in [0.4, 0.5) is 0 Å². The number of rotatable bonds is 2. The molecule has 23 heavy (non-hydrogen) atoms. The normalized spacial score (nSPS) is 11.1. The summed E-state index contributed by atoms with van der Waals surface area (Å²) in [7, 11) is 0. The van der Waals surface area contributed by atoms with E-state index in [1.165, 1.54) is 32.8 Å². The highest BCUT2D eigenvalue weighted by atomic mass is 14.2. The van der Waals surface area contributed by atoms with Gasteiger partial charge in [-0.15, -0.1) is 0 Å². The van der Waals surface area contributed by atoms with Gasteiger partial charge in [-0.2, -0.15) is 0 Å². The molecule has 114 valence electrons. The number of hydrogen-bond acceptors (Lipinski definition) is 0. The zero-order chi connectivity index (χ0) is 16.9. The smallest absolute Gasteiger partial charge is 0.00274 e. The highest BCUT2D eigenvalue weighted by Crippen LogP contribution is 2.31. The van der Waals surface area contributed by atoms with E-state index in [1.807, 2.05) is 6.08 Å². The molecule has 0 bridgehead atoms. The lowest BCUT2D eigenvalue weighted by atomic mass is 9.88. The highest BCUT2D eigenvalue weighted by Gasteiger charge is 2.13. The van der Waals surface area contributed by atoms with Crippen molar-refractivity contribution in [2.75, 3.05) is 0 Å². The average Bonchev–Trinajstić information content (AvgIpc) is 2.51. The highest BCUT2D eigenvalue weighted by molar-refractivity contribution is 6.13. The standard InChI is InChI=1S/C23H22/c1-8-18-14(4)9-11-19-20-12-10-15(5)21(13(2)3)23(20)17(7)16(6)22(18)19/h8-12H,1-2,6-7H2,3-5H3. The van der Waals surface area contributed by atoms with Crippen LogP contribution >= 0.6 is 0 Å². The van der Waals surface area contributed by atoms with Gasteiger partial charge in [0.2, 0.25) is 0 Å². The maximum atomic E-state index is 4.35. The minimum atomic E-state index is 0.985. The summed E-state index contributed by atoms with van der Waals surface area (Å²) in [5, 5.41) is 6.73. The van der Waals surface area contributed by atoms with Crippen LogP contribution in [0.3, 0.4) is 0 Å². The molecule has 0 amide bonds. The third-order valence-corrected chi connectivity index (χ3v) is 4.77. The Balaban J connectivity index is 2.77. The summed E-state index contributed by atoms with van der Waals surface area (Å²) in [5.41, 5.74) is 5.85. The SMILES string of the molecule is C=Cc1c(C)ccc2c1c(=C)c(=C)c1c(C(=C)C)c(C)ccc12. The Hall–Kier alpha value is -2.60. The summed E-state index contributed by atoms with van der Waals surface area (Å²) in [6.45, 7) is 23.1. The van der Waals surface area contributed by atoms with Gasteiger partial charge in [0.25, 0.3) is 0 Å². The fourth-order valence-electron chi connectivity index (χ4n) is 3.63. The quantitative estimate of drug-likeness (QED) is 0.577. The summed E-state index contributed by atoms with van der Waals surface area (Å²) in [6, 6.07) is 8.70. The average molecular weight is 298 g/mol. The lowest BCUT2D eigenvalue weighted by molar-refractivity contribution is 1.43. The number of fused-ring (bicyclic) bond motifs is 3. The van der Waals surface area contributed by atoms with E-state index >= 15 is 0 Å². The van der Waals surface area contributed by atoms with Crippen molar-refractivity contribution in [2.45, 2.75) is 20.8 Å². The van der Waals surface area contributed by atoms with Crippen LogP contribution < -0.4 is 10.4 Å². The van der Waals surface area contributed by atoms with Crippen LogP contribution in [-0.4, -0.2) is 0 Å². The van der Waals surface area contributed by atoms with Crippen LogP contribution in [0.15, 0.2) is 37.4 Å². The largest absolute Gasteiger partial charge is 0.0984 e. The van der Waals surface area contributed by atoms with Gasteiger partial charge in [0.1, 0.15) is 0 Å². The van der Waals surface area contributed by atoms with Gasteiger partial charge < -0.3 is 0 Å². The molecule has 0 N–H and O–H groups in total. The van der Waals surface area contributed by atoms with E-state index in [1.54, 1.807) is 0 Å². The molecule has 0 fully saturated rings. The summed E-state index contributed by atoms with van der Waals surface area (Å²) >= 11 is 0. The second kappa shape index (κ2) is 5.24. The Morgan fingerprint density at radius 2 is 1.39 bits per heavy atom. The van der Waals surface area contributed by atoms with Crippen LogP contribution in [-0.2, 0) is 0 Å². The number of hydrogen-bond donors (Lipinski definition) is 0. The molecular weight excluding hydrogens is 276 g/mol. The molecule has 3 aromatic carbocycles. The van der Waals surface area contributed by atoms with E-state index in [-0.39, 0.29) is 0 Å². The summed E-state index contributed by atoms with van der Waals surface area (Å²) < 4.78 is 0. The van der Waals surface area contributed by atoms with E-state index in [4.69, 9.17) is 0 Å². The molecule has 0 aliphatic heterocycles. The molecule has 3 aromatic rings. The van der Waals surface area contributed by atoms with Crippen molar-refractivity contribution in [2.24, 2.45) is 0 Å². The first-order valence-corrected chi connectivity index (χ1v) is 7.83. The number of allylic oxidation sites excluding steroid dienone is 1. The van der Waals surface area contributed by atoms with E-state index in [0.29, 0.717) is 0 Å². The van der Waals surface area contributed by atoms with Gasteiger partial charge in [0.05, 0.1) is 0 Å². The third kappa shape index (κ3) is 2.06. The van der Waals surface area contributed by atoms with Crippen LogP contribution in [0.2, 0.25) is 0 Å². The summed E-state index contributed by atoms with van der Waals surface area (Å²) in [6.07, 6.45) is 1.92. The second-order valence-electron chi connectivity index (χ2n) is 6.34. The summed E-state index contributed by atoms with van der Waals surface area (Å²) in [5.74, 6) is 0. The lowest BCUT2D eigenvalue weighted by Crippen LogP contribution is -2.25. The van der Waals surface area contributed by atoms with E-state index in [9.17, 15) is 0 Å². The topological polar surface area (TPSA) is 0 Å². The van der Waals surface area contributed by atoms with Gasteiger partial charge in [-0.3, -0.25) is 0 Å². The maximum absolute atomic E-state index is 4.35. The molecule has 0 radical (unpaired) electrons. The van der Waals surface area contributed by atoms with Crippen molar-refractivity contribution in [1.29, 1.82) is 0 Å². The fraction of sp³-hybridized carbons (Fsp3) is 0.130. The number of benzene rings is 3.